The van der Waals surface area contributed by atoms with Crippen LogP contribution in [0.15, 0.2) is 47.6 Å². The summed E-state index contributed by atoms with van der Waals surface area (Å²) in [5, 5.41) is 8.72. The molecular weight excluding hydrogens is 455 g/mol. The predicted octanol–water partition coefficient (Wildman–Crippen LogP) is 3.20. The first-order valence-corrected chi connectivity index (χ1v) is 11.3. The van der Waals surface area contributed by atoms with Crippen molar-refractivity contribution in [3.8, 4) is 11.5 Å². The quantitative estimate of drug-likeness (QED) is 0.557. The van der Waals surface area contributed by atoms with Crippen molar-refractivity contribution in [2.24, 2.45) is 5.10 Å². The number of hydrogen-bond donors (Lipinski definition) is 1. The van der Waals surface area contributed by atoms with Crippen LogP contribution in [0.1, 0.15) is 30.5 Å². The maximum Gasteiger partial charge on any atom is 0.317 e. The fourth-order valence-corrected chi connectivity index (χ4v) is 3.84. The molecule has 0 fully saturated rings. The van der Waals surface area contributed by atoms with Crippen molar-refractivity contribution < 1.29 is 28.2 Å². The molecule has 3 amide bonds. The van der Waals surface area contributed by atoms with E-state index in [1.54, 1.807) is 45.4 Å². The van der Waals surface area contributed by atoms with Crippen molar-refractivity contribution in [2.75, 3.05) is 47.6 Å². The third kappa shape index (κ3) is 6.27. The summed E-state index contributed by atoms with van der Waals surface area (Å²) in [5.74, 6) is 0.441. The molecule has 2 aromatic carbocycles. The minimum Gasteiger partial charge on any atom is -0.497 e. The van der Waals surface area contributed by atoms with E-state index >= 15 is 0 Å². The minimum atomic E-state index is -0.469. The first-order valence-electron chi connectivity index (χ1n) is 11.3. The van der Waals surface area contributed by atoms with Gasteiger partial charge in [0, 0.05) is 38.2 Å². The van der Waals surface area contributed by atoms with Crippen molar-refractivity contribution in [1.29, 1.82) is 0 Å². The molecule has 1 aliphatic rings. The monoisotopic (exact) mass is 486 g/mol. The van der Waals surface area contributed by atoms with Crippen LogP contribution in [-0.2, 0) is 9.53 Å². The number of nitrogens with one attached hydrogen (secondary N) is 1. The molecular formula is C25H31FN4O5. The highest BCUT2D eigenvalue weighted by Crippen LogP contribution is 2.36. The molecule has 188 valence electrons. The second-order valence-electron chi connectivity index (χ2n) is 7.87. The molecule has 1 atom stereocenters. The molecule has 9 nitrogen and oxygen atoms in total. The van der Waals surface area contributed by atoms with Crippen LogP contribution in [0.2, 0.25) is 0 Å². The molecule has 10 heteroatoms. The highest BCUT2D eigenvalue weighted by Gasteiger charge is 2.35. The Balaban J connectivity index is 1.95. The smallest absolute Gasteiger partial charge is 0.317 e. The lowest BCUT2D eigenvalue weighted by molar-refractivity contribution is -0.133. The zero-order valence-corrected chi connectivity index (χ0v) is 20.4. The van der Waals surface area contributed by atoms with E-state index < -0.39 is 6.04 Å². The van der Waals surface area contributed by atoms with Gasteiger partial charge in [0.2, 0.25) is 0 Å². The molecule has 0 aliphatic carbocycles. The molecule has 3 rings (SSSR count). The molecule has 1 heterocycles. The summed E-state index contributed by atoms with van der Waals surface area (Å²) < 4.78 is 29.5. The van der Waals surface area contributed by atoms with Crippen molar-refractivity contribution in [3.05, 3.63) is 59.4 Å². The largest absolute Gasteiger partial charge is 0.497 e. The van der Waals surface area contributed by atoms with E-state index in [4.69, 9.17) is 14.2 Å². The summed E-state index contributed by atoms with van der Waals surface area (Å²) in [4.78, 5) is 27.3. The fourth-order valence-electron chi connectivity index (χ4n) is 3.84. The van der Waals surface area contributed by atoms with Crippen LogP contribution in [-0.4, -0.2) is 75.1 Å². The number of ether oxygens (including phenoxy) is 3. The van der Waals surface area contributed by atoms with E-state index in [9.17, 15) is 14.0 Å². The Morgan fingerprint density at radius 3 is 2.51 bits per heavy atom. The SMILES string of the molecule is CCNC(=O)N(CCOC)CC(=O)N1N=C(c2ccc(OC)cc2OC)C[C@H]1c1ccc(F)cc1. The third-order valence-electron chi connectivity index (χ3n) is 5.65. The molecule has 1 N–H and O–H groups in total. The van der Waals surface area contributed by atoms with Crippen molar-refractivity contribution in [2.45, 2.75) is 19.4 Å². The zero-order valence-electron chi connectivity index (χ0n) is 20.4. The number of carbonyl (C=O) groups is 2. The lowest BCUT2D eigenvalue weighted by Crippen LogP contribution is -2.47. The summed E-state index contributed by atoms with van der Waals surface area (Å²) >= 11 is 0. The van der Waals surface area contributed by atoms with Gasteiger partial charge in [-0.05, 0) is 36.8 Å². The molecule has 1 aliphatic heterocycles. The fraction of sp³-hybridized carbons (Fsp3) is 0.400. The van der Waals surface area contributed by atoms with E-state index in [-0.39, 0.29) is 37.5 Å². The van der Waals surface area contributed by atoms with Crippen LogP contribution in [0.25, 0.3) is 0 Å². The molecule has 35 heavy (non-hydrogen) atoms. The van der Waals surface area contributed by atoms with Crippen molar-refractivity contribution >= 4 is 17.6 Å². The first kappa shape index (κ1) is 26.0. The highest BCUT2D eigenvalue weighted by molar-refractivity contribution is 6.05. The maximum atomic E-state index is 13.6. The average molecular weight is 487 g/mol. The Morgan fingerprint density at radius 1 is 1.14 bits per heavy atom. The van der Waals surface area contributed by atoms with E-state index in [1.165, 1.54) is 29.2 Å². The van der Waals surface area contributed by atoms with Gasteiger partial charge in [-0.1, -0.05) is 12.1 Å². The number of urea groups is 1. The number of benzene rings is 2. The second-order valence-corrected chi connectivity index (χ2v) is 7.87. The summed E-state index contributed by atoms with van der Waals surface area (Å²) in [6.07, 6.45) is 0.388. The lowest BCUT2D eigenvalue weighted by atomic mass is 9.97. The van der Waals surface area contributed by atoms with Crippen molar-refractivity contribution in [3.63, 3.8) is 0 Å². The molecule has 0 radical (unpaired) electrons. The molecule has 0 bridgehead atoms. The van der Waals surface area contributed by atoms with Crippen LogP contribution in [0.4, 0.5) is 9.18 Å². The number of nitrogens with zero attached hydrogens (tertiary/aromatic N) is 3. The lowest BCUT2D eigenvalue weighted by Gasteiger charge is -2.27. The van der Waals surface area contributed by atoms with Gasteiger partial charge in [-0.3, -0.25) is 4.79 Å². The van der Waals surface area contributed by atoms with Gasteiger partial charge in [0.15, 0.2) is 0 Å². The van der Waals surface area contributed by atoms with Gasteiger partial charge in [0.1, 0.15) is 23.9 Å². The van der Waals surface area contributed by atoms with Crippen LogP contribution in [0, 0.1) is 5.82 Å². The Hall–Kier alpha value is -3.66. The minimum absolute atomic E-state index is 0.191. The predicted molar refractivity (Wildman–Crippen MR) is 129 cm³/mol. The van der Waals surface area contributed by atoms with Gasteiger partial charge in [-0.15, -0.1) is 0 Å². The highest BCUT2D eigenvalue weighted by atomic mass is 19.1. The molecule has 0 saturated carbocycles. The Labute approximate surface area is 204 Å². The standard InChI is InChI=1S/C25H31FN4O5/c1-5-27-25(32)29(12-13-33-2)16-24(31)30-22(17-6-8-18(26)9-7-17)15-21(28-30)20-11-10-19(34-3)14-23(20)35-4/h6-11,14,22H,5,12-13,15-16H2,1-4H3,(H,27,32)/t22-/m0/s1. The number of hydrogen-bond acceptors (Lipinski definition) is 6. The van der Waals surface area contributed by atoms with Crippen LogP contribution in [0.5, 0.6) is 11.5 Å². The Morgan fingerprint density at radius 2 is 1.89 bits per heavy atom. The van der Waals surface area contributed by atoms with E-state index in [0.29, 0.717) is 30.2 Å². The molecule has 0 saturated heterocycles. The van der Waals surface area contributed by atoms with Crippen LogP contribution < -0.4 is 14.8 Å². The van der Waals surface area contributed by atoms with Gasteiger partial charge >= 0.3 is 6.03 Å². The number of methoxy groups -OCH3 is 3. The van der Waals surface area contributed by atoms with Gasteiger partial charge in [-0.25, -0.2) is 14.2 Å². The first-order chi connectivity index (χ1) is 16.9. The van der Waals surface area contributed by atoms with Crippen LogP contribution in [0.3, 0.4) is 0 Å². The molecule has 2 aromatic rings. The maximum absolute atomic E-state index is 13.6. The van der Waals surface area contributed by atoms with Crippen LogP contribution >= 0.6 is 0 Å². The number of amides is 3. The summed E-state index contributed by atoms with van der Waals surface area (Å²) in [6, 6.07) is 10.5. The van der Waals surface area contributed by atoms with E-state index in [2.05, 4.69) is 10.4 Å². The van der Waals surface area contributed by atoms with Gasteiger partial charge in [0.05, 0.1) is 32.6 Å². The van der Waals surface area contributed by atoms with E-state index in [0.717, 1.165) is 11.1 Å². The van der Waals surface area contributed by atoms with Gasteiger partial charge < -0.3 is 24.4 Å². The number of rotatable bonds is 10. The Bertz CT molecular complexity index is 1060. The normalized spacial score (nSPS) is 14.9. The Kier molecular flexibility index (Phi) is 9.02. The topological polar surface area (TPSA) is 92.7 Å². The third-order valence-corrected chi connectivity index (χ3v) is 5.65. The number of halogens is 1. The second kappa shape index (κ2) is 12.2. The summed E-state index contributed by atoms with van der Waals surface area (Å²) in [6.45, 7) is 2.56. The number of hydrazone groups is 1. The number of carbonyl (C=O) groups excluding carboxylic acids is 2. The van der Waals surface area contributed by atoms with Crippen molar-refractivity contribution in [1.82, 2.24) is 15.2 Å². The van der Waals surface area contributed by atoms with Gasteiger partial charge in [0.25, 0.3) is 5.91 Å². The summed E-state index contributed by atoms with van der Waals surface area (Å²) in [7, 11) is 4.65. The molecule has 0 unspecified atom stereocenters. The average Bonchev–Trinajstić information content (AvgIpc) is 3.32. The van der Waals surface area contributed by atoms with E-state index in [1.807, 2.05) is 6.07 Å². The summed E-state index contributed by atoms with van der Waals surface area (Å²) in [5.41, 5.74) is 2.08. The zero-order chi connectivity index (χ0) is 25.4. The molecule has 0 spiro atoms. The van der Waals surface area contributed by atoms with Gasteiger partial charge in [-0.2, -0.15) is 5.10 Å². The molecule has 0 aromatic heterocycles.